The summed E-state index contributed by atoms with van der Waals surface area (Å²) in [6.07, 6.45) is 3.12. The van der Waals surface area contributed by atoms with Crippen molar-refractivity contribution in [1.29, 1.82) is 0 Å². The first-order chi connectivity index (χ1) is 45.2. The van der Waals surface area contributed by atoms with Crippen molar-refractivity contribution in [2.75, 3.05) is 44.7 Å². The molecule has 0 unspecified atom stereocenters. The summed E-state index contributed by atoms with van der Waals surface area (Å²) in [6, 6.07) is 4.51. The van der Waals surface area contributed by atoms with Gasteiger partial charge in [-0.05, 0) is 119 Å². The van der Waals surface area contributed by atoms with E-state index in [1.807, 2.05) is 20.1 Å². The molecule has 4 rings (SSSR count). The molecule has 0 aliphatic carbocycles. The number of rotatable bonds is 42. The molecule has 524 valence electrons. The van der Waals surface area contributed by atoms with Crippen LogP contribution in [0.25, 0.3) is 0 Å². The van der Waals surface area contributed by atoms with Gasteiger partial charge in [0.2, 0.25) is 76.8 Å². The van der Waals surface area contributed by atoms with Crippen molar-refractivity contribution in [3.8, 4) is 0 Å². The maximum atomic E-state index is 14.7. The maximum Gasteiger partial charge on any atom is 0.245 e. The average Bonchev–Trinajstić information content (AvgIpc) is 1.74. The summed E-state index contributed by atoms with van der Waals surface area (Å²) in [5.41, 5.74) is 40.6. The summed E-state index contributed by atoms with van der Waals surface area (Å²) in [5.74, 6) is -9.80. The molecule has 0 spiro atoms. The second-order valence-corrected chi connectivity index (χ2v) is 25.1. The number of thioether (sulfide) groups is 1. The van der Waals surface area contributed by atoms with Crippen LogP contribution >= 0.6 is 11.8 Å². The molecule has 2 saturated heterocycles. The number of guanidine groups is 1. The molecule has 2 fully saturated rings. The van der Waals surface area contributed by atoms with Gasteiger partial charge in [-0.25, -0.2) is 0 Å². The van der Waals surface area contributed by atoms with Crippen molar-refractivity contribution in [2.45, 2.75) is 183 Å². The minimum atomic E-state index is -1.64. The van der Waals surface area contributed by atoms with Gasteiger partial charge in [0.05, 0.1) is 12.6 Å². The highest BCUT2D eigenvalue weighted by molar-refractivity contribution is 7.98. The van der Waals surface area contributed by atoms with E-state index < -0.39 is 169 Å². The number of carbonyl (C=O) groups excluding carboxylic acids is 13. The lowest BCUT2D eigenvalue weighted by Gasteiger charge is -2.32. The van der Waals surface area contributed by atoms with Gasteiger partial charge in [-0.1, -0.05) is 74.5 Å². The van der Waals surface area contributed by atoms with Crippen molar-refractivity contribution < 1.29 is 62.3 Å². The van der Waals surface area contributed by atoms with Gasteiger partial charge in [0, 0.05) is 45.3 Å². The minimum Gasteiger partial charge on any atom is -0.370 e. The van der Waals surface area contributed by atoms with E-state index in [1.165, 1.54) is 21.6 Å². The van der Waals surface area contributed by atoms with Crippen LogP contribution in [0.2, 0.25) is 0 Å². The van der Waals surface area contributed by atoms with Crippen LogP contribution in [-0.4, -0.2) is 198 Å². The topological polar surface area (TPSA) is 519 Å². The molecule has 31 nitrogen and oxygen atoms in total. The standard InChI is InChI=1S/C63H98N18O13S/c1-37(2)33-45(57(89)74-41(53(68)85)27-32-95-3)73-52(84)36-72-54(86)46(34-38-15-6-4-7-16-38)78-58(90)47(35-39-17-8-5-9-18-39)79-56(88)42(23-25-50(66)82)75-55(87)43(24-26-51(67)83)76-59(91)49-22-14-31-81(49)62(94)44(20-10-11-28-64)77-60(92)48-21-13-30-80(48)61(93)40(65)19-12-29-71-63(69)70/h4-9,15-18,37,40-49H,10-14,19-36,64-65H2,1-3H3,(H2,66,82)(H2,67,83)(H2,68,85)(H,72,86)(H,73,84)(H,74,89)(H,75,87)(H,76,91)(H,77,92)(H,78,90)(H,79,88)(H4,69,70,71)/t40-,41+,42-,43+,44+,45+,46+,47+,48-,49-/m1/s1. The lowest BCUT2D eigenvalue weighted by Crippen LogP contribution is -2.60. The number of aliphatic imine (C=N–C) groups is 1. The lowest BCUT2D eigenvalue weighted by molar-refractivity contribution is -0.144. The summed E-state index contributed by atoms with van der Waals surface area (Å²) in [6.45, 7) is 3.86. The van der Waals surface area contributed by atoms with Crippen molar-refractivity contribution >= 4 is 94.5 Å². The van der Waals surface area contributed by atoms with Crippen LogP contribution in [0.5, 0.6) is 0 Å². The molecule has 13 amide bonds. The van der Waals surface area contributed by atoms with Gasteiger partial charge >= 0.3 is 0 Å². The van der Waals surface area contributed by atoms with E-state index in [0.29, 0.717) is 55.4 Å². The fourth-order valence-corrected chi connectivity index (χ4v) is 11.5. The summed E-state index contributed by atoms with van der Waals surface area (Å²) >= 11 is 1.45. The smallest absolute Gasteiger partial charge is 0.245 e. The average molecular weight is 1350 g/mol. The van der Waals surface area contributed by atoms with Gasteiger partial charge in [-0.3, -0.25) is 67.3 Å². The Morgan fingerprint density at radius 3 is 1.51 bits per heavy atom. The van der Waals surface area contributed by atoms with Crippen molar-refractivity contribution in [3.05, 3.63) is 71.8 Å². The summed E-state index contributed by atoms with van der Waals surface area (Å²) < 4.78 is 0. The number of unbranched alkanes of at least 4 members (excludes halogenated alkanes) is 1. The molecule has 0 bridgehead atoms. The number of amides is 13. The number of primary amides is 3. The molecule has 0 aromatic heterocycles. The van der Waals surface area contributed by atoms with E-state index in [1.54, 1.807) is 60.7 Å². The van der Waals surface area contributed by atoms with Gasteiger partial charge in [0.1, 0.15) is 54.4 Å². The first-order valence-corrected chi connectivity index (χ1v) is 33.6. The molecule has 95 heavy (non-hydrogen) atoms. The van der Waals surface area contributed by atoms with E-state index in [0.717, 1.165) is 0 Å². The van der Waals surface area contributed by atoms with Crippen LogP contribution in [0, 0.1) is 5.92 Å². The maximum absolute atomic E-state index is 14.7. The van der Waals surface area contributed by atoms with Gasteiger partial charge in [-0.2, -0.15) is 11.8 Å². The van der Waals surface area contributed by atoms with E-state index in [4.69, 9.17) is 40.1 Å². The number of nitrogens with two attached hydrogens (primary N) is 7. The Morgan fingerprint density at radius 1 is 0.537 bits per heavy atom. The number of nitrogens with zero attached hydrogens (tertiary/aromatic N) is 3. The fraction of sp³-hybridized carbons (Fsp3) is 0.587. The molecule has 0 radical (unpaired) electrons. The third kappa shape index (κ3) is 27.5. The summed E-state index contributed by atoms with van der Waals surface area (Å²) in [7, 11) is 0. The molecule has 2 aromatic carbocycles. The molecule has 0 saturated carbocycles. The van der Waals surface area contributed by atoms with E-state index >= 15 is 0 Å². The molecular formula is C63H98N18O13S. The third-order valence-corrected chi connectivity index (χ3v) is 16.7. The van der Waals surface area contributed by atoms with Gasteiger partial charge in [0.15, 0.2) is 5.96 Å². The number of carbonyl (C=O) groups is 13. The molecule has 32 heteroatoms. The van der Waals surface area contributed by atoms with E-state index in [2.05, 4.69) is 47.5 Å². The number of hydrogen-bond donors (Lipinski definition) is 15. The zero-order chi connectivity index (χ0) is 70.1. The second kappa shape index (κ2) is 41.0. The largest absolute Gasteiger partial charge is 0.370 e. The molecule has 22 N–H and O–H groups in total. The quantitative estimate of drug-likeness (QED) is 0.0173. The second-order valence-electron chi connectivity index (χ2n) is 24.1. The van der Waals surface area contributed by atoms with Gasteiger partial charge in [-0.15, -0.1) is 0 Å². The predicted octanol–water partition coefficient (Wildman–Crippen LogP) is -3.71. The van der Waals surface area contributed by atoms with Crippen LogP contribution in [0.4, 0.5) is 0 Å². The Kier molecular flexibility index (Phi) is 33.9. The van der Waals surface area contributed by atoms with Crippen molar-refractivity contribution in [2.24, 2.45) is 51.0 Å². The van der Waals surface area contributed by atoms with Crippen LogP contribution in [-0.2, 0) is 75.2 Å². The van der Waals surface area contributed by atoms with Crippen molar-refractivity contribution in [1.82, 2.24) is 52.3 Å². The van der Waals surface area contributed by atoms with Crippen LogP contribution < -0.4 is 82.7 Å². The highest BCUT2D eigenvalue weighted by Crippen LogP contribution is 2.24. The van der Waals surface area contributed by atoms with E-state index in [9.17, 15) is 62.3 Å². The number of nitrogens with one attached hydrogen (secondary N) is 8. The third-order valence-electron chi connectivity index (χ3n) is 16.0. The summed E-state index contributed by atoms with van der Waals surface area (Å²) in [5, 5.41) is 21.1. The van der Waals surface area contributed by atoms with Gasteiger partial charge in [0.25, 0.3) is 0 Å². The minimum absolute atomic E-state index is 0.0736. The highest BCUT2D eigenvalue weighted by atomic mass is 32.2. The monoisotopic (exact) mass is 1350 g/mol. The zero-order valence-corrected chi connectivity index (χ0v) is 55.3. The molecule has 2 heterocycles. The normalized spacial score (nSPS) is 16.8. The fourth-order valence-electron chi connectivity index (χ4n) is 11.0. The molecular weight excluding hydrogens is 1250 g/mol. The van der Waals surface area contributed by atoms with E-state index in [-0.39, 0.29) is 83.0 Å². The van der Waals surface area contributed by atoms with Gasteiger partial charge < -0.3 is 92.5 Å². The van der Waals surface area contributed by atoms with Crippen LogP contribution in [0.1, 0.15) is 121 Å². The number of likely N-dealkylation sites (tertiary alicyclic amines) is 2. The number of benzene rings is 2. The number of hydrogen-bond acceptors (Lipinski definition) is 17. The highest BCUT2D eigenvalue weighted by Gasteiger charge is 2.42. The molecule has 2 aliphatic rings. The Balaban J connectivity index is 1.56. The molecule has 2 aromatic rings. The first-order valence-electron chi connectivity index (χ1n) is 32.2. The Bertz CT molecular complexity index is 2960. The Hall–Kier alpha value is -8.91. The van der Waals surface area contributed by atoms with Crippen molar-refractivity contribution in [3.63, 3.8) is 0 Å². The Morgan fingerprint density at radius 2 is 1.01 bits per heavy atom. The molecule has 10 atom stereocenters. The summed E-state index contributed by atoms with van der Waals surface area (Å²) in [4.78, 5) is 185. The molecule has 2 aliphatic heterocycles. The Labute approximate surface area is 558 Å². The van der Waals surface area contributed by atoms with Crippen LogP contribution in [0.15, 0.2) is 65.7 Å². The zero-order valence-electron chi connectivity index (χ0n) is 54.5. The predicted molar refractivity (Wildman–Crippen MR) is 356 cm³/mol. The van der Waals surface area contributed by atoms with Crippen LogP contribution in [0.3, 0.4) is 0 Å². The first kappa shape index (κ1) is 78.5. The lowest BCUT2D eigenvalue weighted by atomic mass is 10.0. The SMILES string of the molecule is CSCC[C@H](NC(=O)[C@H](CC(C)C)NC(=O)CNC(=O)[C@H](Cc1ccccc1)NC(=O)[C@H](Cc1ccccc1)NC(=O)[C@@H](CCC(N)=O)NC(=O)[C@H](CCC(N)=O)NC(=O)[C@H]1CCCN1C(=O)[C@H](CCCCN)NC(=O)[C@H]1CCCN1C(=O)[C@H](N)CCCN=C(N)N)C(N)=O.